The van der Waals surface area contributed by atoms with E-state index in [0.29, 0.717) is 11.5 Å². The Morgan fingerprint density at radius 1 is 1.27 bits per heavy atom. The second-order valence-electron chi connectivity index (χ2n) is 4.25. The number of halogens is 2. The van der Waals surface area contributed by atoms with Crippen LogP contribution in [0.4, 0.5) is 0 Å². The SMILES string of the molecule is COC(=O)c1cc(COC(=O)c2cnc(Cl)c(Cl)c2)oc1C. The molecule has 2 aromatic rings. The third kappa shape index (κ3) is 3.58. The average molecular weight is 344 g/mol. The van der Waals surface area contributed by atoms with E-state index < -0.39 is 11.9 Å². The van der Waals surface area contributed by atoms with Crippen LogP contribution in [0.2, 0.25) is 10.2 Å². The van der Waals surface area contributed by atoms with Gasteiger partial charge < -0.3 is 13.9 Å². The molecule has 0 fully saturated rings. The number of aryl methyl sites for hydroxylation is 1. The lowest BCUT2D eigenvalue weighted by molar-refractivity contribution is 0.0443. The Labute approximate surface area is 135 Å². The Morgan fingerprint density at radius 3 is 2.64 bits per heavy atom. The molecular weight excluding hydrogens is 333 g/mol. The van der Waals surface area contributed by atoms with Gasteiger partial charge in [0.1, 0.15) is 28.8 Å². The van der Waals surface area contributed by atoms with Crippen molar-refractivity contribution in [3.63, 3.8) is 0 Å². The van der Waals surface area contributed by atoms with Crippen molar-refractivity contribution < 1.29 is 23.5 Å². The van der Waals surface area contributed by atoms with Gasteiger partial charge in [0.15, 0.2) is 0 Å². The van der Waals surface area contributed by atoms with Crippen molar-refractivity contribution in [1.82, 2.24) is 4.98 Å². The number of methoxy groups -OCH3 is 1. The number of nitrogens with zero attached hydrogens (tertiary/aromatic N) is 1. The van der Waals surface area contributed by atoms with Crippen LogP contribution in [0.3, 0.4) is 0 Å². The molecule has 0 atom stereocenters. The second kappa shape index (κ2) is 6.81. The number of carbonyl (C=O) groups excluding carboxylic acids is 2. The lowest BCUT2D eigenvalue weighted by atomic mass is 10.2. The molecular formula is C14H11Cl2NO5. The minimum Gasteiger partial charge on any atom is -0.465 e. The summed E-state index contributed by atoms with van der Waals surface area (Å²) in [6.07, 6.45) is 1.25. The third-order valence-electron chi connectivity index (χ3n) is 2.75. The monoisotopic (exact) mass is 343 g/mol. The van der Waals surface area contributed by atoms with Crippen molar-refractivity contribution in [3.05, 3.63) is 51.2 Å². The van der Waals surface area contributed by atoms with Gasteiger partial charge in [-0.1, -0.05) is 23.2 Å². The topological polar surface area (TPSA) is 78.6 Å². The fourth-order valence-corrected chi connectivity index (χ4v) is 1.95. The van der Waals surface area contributed by atoms with Gasteiger partial charge in [0, 0.05) is 6.20 Å². The van der Waals surface area contributed by atoms with Crippen LogP contribution in [0.5, 0.6) is 0 Å². The molecule has 0 aliphatic rings. The molecule has 0 aliphatic carbocycles. The molecule has 0 amide bonds. The summed E-state index contributed by atoms with van der Waals surface area (Å²) in [7, 11) is 1.27. The molecule has 0 N–H and O–H groups in total. The Bertz CT molecular complexity index is 726. The van der Waals surface area contributed by atoms with Crippen molar-refractivity contribution >= 4 is 35.1 Å². The Kier molecular flexibility index (Phi) is 5.05. The number of aromatic nitrogens is 1. The molecule has 0 saturated heterocycles. The number of rotatable bonds is 4. The lowest BCUT2D eigenvalue weighted by Crippen LogP contribution is -2.05. The first-order valence-electron chi connectivity index (χ1n) is 6.08. The third-order valence-corrected chi connectivity index (χ3v) is 3.44. The van der Waals surface area contributed by atoms with Gasteiger partial charge in [0.25, 0.3) is 0 Å². The maximum Gasteiger partial charge on any atom is 0.341 e. The number of carbonyl (C=O) groups is 2. The van der Waals surface area contributed by atoms with E-state index >= 15 is 0 Å². The highest BCUT2D eigenvalue weighted by atomic mass is 35.5. The van der Waals surface area contributed by atoms with Crippen LogP contribution < -0.4 is 0 Å². The molecule has 0 unspecified atom stereocenters. The molecule has 0 aliphatic heterocycles. The van der Waals surface area contributed by atoms with E-state index in [0.717, 1.165) is 0 Å². The fourth-order valence-electron chi connectivity index (χ4n) is 1.68. The largest absolute Gasteiger partial charge is 0.465 e. The highest BCUT2D eigenvalue weighted by molar-refractivity contribution is 6.41. The van der Waals surface area contributed by atoms with Crippen LogP contribution in [0.1, 0.15) is 32.2 Å². The molecule has 0 bridgehead atoms. The zero-order valence-corrected chi connectivity index (χ0v) is 13.2. The number of hydrogen-bond acceptors (Lipinski definition) is 6. The standard InChI is InChI=1S/C14H11Cl2NO5/c1-7-10(14(19)20-2)4-9(22-7)6-21-13(18)8-3-11(15)12(16)17-5-8/h3-5H,6H2,1-2H3. The summed E-state index contributed by atoms with van der Waals surface area (Å²) in [5.41, 5.74) is 0.440. The Balaban J connectivity index is 2.05. The van der Waals surface area contributed by atoms with Crippen molar-refractivity contribution in [3.8, 4) is 0 Å². The van der Waals surface area contributed by atoms with E-state index in [1.807, 2.05) is 0 Å². The van der Waals surface area contributed by atoms with Gasteiger partial charge >= 0.3 is 11.9 Å². The molecule has 0 aromatic carbocycles. The van der Waals surface area contributed by atoms with Gasteiger partial charge in [0.05, 0.1) is 17.7 Å². The summed E-state index contributed by atoms with van der Waals surface area (Å²) >= 11 is 11.4. The maximum absolute atomic E-state index is 11.9. The number of ether oxygens (including phenoxy) is 2. The van der Waals surface area contributed by atoms with E-state index in [-0.39, 0.29) is 27.9 Å². The van der Waals surface area contributed by atoms with Gasteiger partial charge in [-0.2, -0.15) is 0 Å². The van der Waals surface area contributed by atoms with Crippen LogP contribution in [0, 0.1) is 6.92 Å². The first-order chi connectivity index (χ1) is 10.4. The van der Waals surface area contributed by atoms with Crippen molar-refractivity contribution in [1.29, 1.82) is 0 Å². The highest BCUT2D eigenvalue weighted by Gasteiger charge is 2.17. The molecule has 2 rings (SSSR count). The van der Waals surface area contributed by atoms with E-state index in [4.69, 9.17) is 32.4 Å². The zero-order chi connectivity index (χ0) is 16.3. The molecule has 0 radical (unpaired) electrons. The predicted molar refractivity (Wildman–Crippen MR) is 78.2 cm³/mol. The number of pyridine rings is 1. The molecule has 116 valence electrons. The highest BCUT2D eigenvalue weighted by Crippen LogP contribution is 2.21. The van der Waals surface area contributed by atoms with Crippen molar-refractivity contribution in [2.45, 2.75) is 13.5 Å². The molecule has 6 nitrogen and oxygen atoms in total. The number of furan rings is 1. The number of hydrogen-bond donors (Lipinski definition) is 0. The quantitative estimate of drug-likeness (QED) is 0.625. The average Bonchev–Trinajstić information content (AvgIpc) is 2.87. The summed E-state index contributed by atoms with van der Waals surface area (Å²) in [6.45, 7) is 1.47. The molecule has 22 heavy (non-hydrogen) atoms. The zero-order valence-electron chi connectivity index (χ0n) is 11.7. The van der Waals surface area contributed by atoms with Crippen LogP contribution in [0.25, 0.3) is 0 Å². The van der Waals surface area contributed by atoms with E-state index in [1.165, 1.54) is 25.4 Å². The predicted octanol–water partition coefficient (Wildman–Crippen LogP) is 3.43. The van der Waals surface area contributed by atoms with Gasteiger partial charge in [-0.05, 0) is 19.1 Å². The van der Waals surface area contributed by atoms with Gasteiger partial charge in [-0.3, -0.25) is 0 Å². The van der Waals surface area contributed by atoms with Crippen LogP contribution in [0.15, 0.2) is 22.7 Å². The van der Waals surface area contributed by atoms with E-state index in [2.05, 4.69) is 9.72 Å². The van der Waals surface area contributed by atoms with Crippen LogP contribution >= 0.6 is 23.2 Å². The van der Waals surface area contributed by atoms with Crippen LogP contribution in [-0.4, -0.2) is 24.0 Å². The summed E-state index contributed by atoms with van der Waals surface area (Å²) in [5, 5.41) is 0.250. The summed E-state index contributed by atoms with van der Waals surface area (Å²) in [4.78, 5) is 27.1. The summed E-state index contributed by atoms with van der Waals surface area (Å²) in [5.74, 6) is -0.458. The van der Waals surface area contributed by atoms with Gasteiger partial charge in [-0.15, -0.1) is 0 Å². The fraction of sp³-hybridized carbons (Fsp3) is 0.214. The van der Waals surface area contributed by atoms with Crippen LogP contribution in [-0.2, 0) is 16.1 Å². The molecule has 8 heteroatoms. The lowest BCUT2D eigenvalue weighted by Gasteiger charge is -2.03. The minimum absolute atomic E-state index is 0.0996. The maximum atomic E-state index is 11.9. The molecule has 0 spiro atoms. The first-order valence-corrected chi connectivity index (χ1v) is 6.83. The molecule has 0 saturated carbocycles. The Hall–Kier alpha value is -2.05. The smallest absolute Gasteiger partial charge is 0.341 e. The second-order valence-corrected chi connectivity index (χ2v) is 5.01. The van der Waals surface area contributed by atoms with E-state index in [1.54, 1.807) is 6.92 Å². The summed E-state index contributed by atoms with van der Waals surface area (Å²) in [6, 6.07) is 2.81. The molecule has 2 aromatic heterocycles. The number of esters is 2. The van der Waals surface area contributed by atoms with Crippen molar-refractivity contribution in [2.24, 2.45) is 0 Å². The first kappa shape index (κ1) is 16.3. The normalized spacial score (nSPS) is 10.4. The molecule has 2 heterocycles. The Morgan fingerprint density at radius 2 is 2.00 bits per heavy atom. The van der Waals surface area contributed by atoms with Crippen molar-refractivity contribution in [2.75, 3.05) is 7.11 Å². The summed E-state index contributed by atoms with van der Waals surface area (Å²) < 4.78 is 15.0. The minimum atomic E-state index is -0.639. The van der Waals surface area contributed by atoms with Gasteiger partial charge in [0.2, 0.25) is 0 Å². The van der Waals surface area contributed by atoms with E-state index in [9.17, 15) is 9.59 Å². The van der Waals surface area contributed by atoms with Gasteiger partial charge in [-0.25, -0.2) is 14.6 Å².